The summed E-state index contributed by atoms with van der Waals surface area (Å²) in [5, 5.41) is 8.05. The molecule has 24 heavy (non-hydrogen) atoms. The molecule has 0 spiro atoms. The van der Waals surface area contributed by atoms with Gasteiger partial charge in [0.05, 0.1) is 5.69 Å². The molecule has 2 rings (SSSR count). The third kappa shape index (κ3) is 3.78. The highest BCUT2D eigenvalue weighted by Gasteiger charge is 2.29. The van der Waals surface area contributed by atoms with Crippen LogP contribution in [-0.2, 0) is 9.53 Å². The second-order valence-electron chi connectivity index (χ2n) is 4.96. The lowest BCUT2D eigenvalue weighted by Crippen LogP contribution is -2.41. The molecule has 0 saturated carbocycles. The van der Waals surface area contributed by atoms with E-state index in [1.54, 1.807) is 44.2 Å². The number of esters is 1. The summed E-state index contributed by atoms with van der Waals surface area (Å²) in [6.07, 6.45) is -1.29. The molecule has 0 radical (unpaired) electrons. The van der Waals surface area contributed by atoms with Crippen molar-refractivity contribution in [2.75, 3.05) is 7.05 Å². The first-order chi connectivity index (χ1) is 11.4. The summed E-state index contributed by atoms with van der Waals surface area (Å²) in [6.45, 7) is 3.16. The van der Waals surface area contributed by atoms with Gasteiger partial charge in [-0.15, -0.1) is 0 Å². The predicted molar refractivity (Wildman–Crippen MR) is 83.2 cm³/mol. The Kier molecular flexibility index (Phi) is 5.31. The second kappa shape index (κ2) is 7.40. The van der Waals surface area contributed by atoms with Crippen LogP contribution in [0.2, 0.25) is 0 Å². The van der Waals surface area contributed by atoms with Gasteiger partial charge in [-0.3, -0.25) is 10.1 Å². The van der Waals surface area contributed by atoms with Crippen molar-refractivity contribution in [2.45, 2.75) is 20.0 Å². The van der Waals surface area contributed by atoms with Crippen LogP contribution >= 0.6 is 0 Å². The fraction of sp³-hybridized carbons (Fsp3) is 0.250. The van der Waals surface area contributed by atoms with Gasteiger partial charge in [0.2, 0.25) is 6.10 Å². The number of imide groups is 1. The van der Waals surface area contributed by atoms with Crippen molar-refractivity contribution in [3.8, 4) is 0 Å². The van der Waals surface area contributed by atoms with Crippen molar-refractivity contribution in [3.05, 3.63) is 52.9 Å². The standard InChI is InChI=1S/C16H17N3O5/c1-9-12(10(2)24-19-9)15(21)23-13(11-7-5-4-6-8-11)14(20)18-16(22)17-3/h4-8,13H,1-3H3,(H2,17,18,20,22)/t13-/m1/s1. The summed E-state index contributed by atoms with van der Waals surface area (Å²) in [6, 6.07) is 7.68. The minimum absolute atomic E-state index is 0.156. The molecule has 1 aromatic heterocycles. The Balaban J connectivity index is 2.28. The first kappa shape index (κ1) is 17.2. The number of nitrogens with zero attached hydrogens (tertiary/aromatic N) is 1. The summed E-state index contributed by atoms with van der Waals surface area (Å²) in [7, 11) is 1.37. The zero-order valence-corrected chi connectivity index (χ0v) is 13.5. The molecule has 3 amide bonds. The number of nitrogens with one attached hydrogen (secondary N) is 2. The molecule has 0 aliphatic rings. The van der Waals surface area contributed by atoms with Gasteiger partial charge in [-0.2, -0.15) is 0 Å². The average Bonchev–Trinajstić information content (AvgIpc) is 2.91. The van der Waals surface area contributed by atoms with Gasteiger partial charge in [-0.25, -0.2) is 9.59 Å². The van der Waals surface area contributed by atoms with E-state index in [0.717, 1.165) is 0 Å². The average molecular weight is 331 g/mol. The van der Waals surface area contributed by atoms with Crippen LogP contribution in [0.4, 0.5) is 4.79 Å². The molecular weight excluding hydrogens is 314 g/mol. The number of hydrogen-bond donors (Lipinski definition) is 2. The van der Waals surface area contributed by atoms with Gasteiger partial charge in [0.25, 0.3) is 5.91 Å². The quantitative estimate of drug-likeness (QED) is 0.824. The number of ether oxygens (including phenoxy) is 1. The molecule has 0 unspecified atom stereocenters. The fourth-order valence-electron chi connectivity index (χ4n) is 2.08. The summed E-state index contributed by atoms with van der Waals surface area (Å²) in [5.74, 6) is -1.23. The van der Waals surface area contributed by atoms with Crippen LogP contribution in [0.3, 0.4) is 0 Å². The van der Waals surface area contributed by atoms with E-state index < -0.39 is 24.0 Å². The molecule has 8 nitrogen and oxygen atoms in total. The first-order valence-electron chi connectivity index (χ1n) is 7.15. The number of carbonyl (C=O) groups excluding carboxylic acids is 3. The topological polar surface area (TPSA) is 111 Å². The van der Waals surface area contributed by atoms with Crippen LogP contribution in [0.15, 0.2) is 34.9 Å². The molecule has 0 aliphatic heterocycles. The van der Waals surface area contributed by atoms with E-state index in [2.05, 4.69) is 15.8 Å². The van der Waals surface area contributed by atoms with E-state index in [9.17, 15) is 14.4 Å². The normalized spacial score (nSPS) is 11.5. The van der Waals surface area contributed by atoms with Crippen molar-refractivity contribution < 1.29 is 23.6 Å². The number of amides is 3. The maximum Gasteiger partial charge on any atom is 0.344 e. The highest BCUT2D eigenvalue weighted by molar-refractivity contribution is 5.99. The van der Waals surface area contributed by atoms with Crippen LogP contribution in [0.25, 0.3) is 0 Å². The zero-order valence-electron chi connectivity index (χ0n) is 13.5. The summed E-state index contributed by atoms with van der Waals surface area (Å²) in [4.78, 5) is 36.1. The lowest BCUT2D eigenvalue weighted by Gasteiger charge is -2.17. The fourth-order valence-corrected chi connectivity index (χ4v) is 2.08. The lowest BCUT2D eigenvalue weighted by atomic mass is 10.1. The summed E-state index contributed by atoms with van der Waals surface area (Å²) < 4.78 is 10.2. The molecule has 0 saturated heterocycles. The van der Waals surface area contributed by atoms with Gasteiger partial charge in [-0.05, 0) is 13.8 Å². The van der Waals surface area contributed by atoms with Crippen molar-refractivity contribution >= 4 is 17.9 Å². The van der Waals surface area contributed by atoms with Gasteiger partial charge in [0.1, 0.15) is 11.3 Å². The van der Waals surface area contributed by atoms with Crippen LogP contribution in [-0.4, -0.2) is 30.1 Å². The molecule has 2 aromatic rings. The monoisotopic (exact) mass is 331 g/mol. The van der Waals surface area contributed by atoms with E-state index in [-0.39, 0.29) is 11.3 Å². The Morgan fingerprint density at radius 1 is 1.17 bits per heavy atom. The summed E-state index contributed by atoms with van der Waals surface area (Å²) >= 11 is 0. The van der Waals surface area contributed by atoms with Crippen LogP contribution in [0.1, 0.15) is 33.5 Å². The van der Waals surface area contributed by atoms with Crippen molar-refractivity contribution in [3.63, 3.8) is 0 Å². The third-order valence-corrected chi connectivity index (χ3v) is 3.27. The molecule has 8 heteroatoms. The van der Waals surface area contributed by atoms with E-state index >= 15 is 0 Å². The lowest BCUT2D eigenvalue weighted by molar-refractivity contribution is -0.129. The number of aromatic nitrogens is 1. The number of carbonyl (C=O) groups is 3. The molecule has 0 bridgehead atoms. The number of urea groups is 1. The van der Waals surface area contributed by atoms with Crippen molar-refractivity contribution in [2.24, 2.45) is 0 Å². The Labute approximate surface area is 138 Å². The maximum absolute atomic E-state index is 12.4. The SMILES string of the molecule is CNC(=O)NC(=O)[C@H](OC(=O)c1c(C)noc1C)c1ccccc1. The minimum atomic E-state index is -1.29. The van der Waals surface area contributed by atoms with E-state index in [0.29, 0.717) is 11.3 Å². The van der Waals surface area contributed by atoms with Gasteiger partial charge in [0.15, 0.2) is 0 Å². The highest BCUT2D eigenvalue weighted by atomic mass is 16.6. The van der Waals surface area contributed by atoms with E-state index in [4.69, 9.17) is 9.26 Å². The smallest absolute Gasteiger partial charge is 0.344 e. The van der Waals surface area contributed by atoms with Crippen molar-refractivity contribution in [1.29, 1.82) is 0 Å². The molecule has 1 heterocycles. The highest BCUT2D eigenvalue weighted by Crippen LogP contribution is 2.22. The van der Waals surface area contributed by atoms with Gasteiger partial charge in [0, 0.05) is 12.6 Å². The van der Waals surface area contributed by atoms with Crippen LogP contribution < -0.4 is 10.6 Å². The Bertz CT molecular complexity index is 735. The first-order valence-corrected chi connectivity index (χ1v) is 7.15. The predicted octanol–water partition coefficient (Wildman–Crippen LogP) is 1.65. The molecular formula is C16H17N3O5. The summed E-state index contributed by atoms with van der Waals surface area (Å²) in [5.41, 5.74) is 0.943. The minimum Gasteiger partial charge on any atom is -0.444 e. The van der Waals surface area contributed by atoms with E-state index in [1.165, 1.54) is 7.05 Å². The number of rotatable bonds is 4. The van der Waals surface area contributed by atoms with Gasteiger partial charge >= 0.3 is 12.0 Å². The molecule has 1 atom stereocenters. The molecule has 0 fully saturated rings. The largest absolute Gasteiger partial charge is 0.444 e. The number of benzene rings is 1. The van der Waals surface area contributed by atoms with Gasteiger partial charge in [-0.1, -0.05) is 35.5 Å². The van der Waals surface area contributed by atoms with Gasteiger partial charge < -0.3 is 14.6 Å². The zero-order chi connectivity index (χ0) is 17.7. The third-order valence-electron chi connectivity index (χ3n) is 3.27. The van der Waals surface area contributed by atoms with Crippen LogP contribution in [0, 0.1) is 13.8 Å². The van der Waals surface area contributed by atoms with Crippen molar-refractivity contribution in [1.82, 2.24) is 15.8 Å². The van der Waals surface area contributed by atoms with E-state index in [1.807, 2.05) is 0 Å². The molecule has 0 aliphatic carbocycles. The molecule has 2 N–H and O–H groups in total. The Morgan fingerprint density at radius 3 is 2.38 bits per heavy atom. The number of hydrogen-bond acceptors (Lipinski definition) is 6. The molecule has 126 valence electrons. The Hall–Kier alpha value is -3.16. The second-order valence-corrected chi connectivity index (χ2v) is 4.96. The maximum atomic E-state index is 12.4. The molecule has 1 aromatic carbocycles. The number of aryl methyl sites for hydroxylation is 2. The van der Waals surface area contributed by atoms with Crippen LogP contribution in [0.5, 0.6) is 0 Å². The Morgan fingerprint density at radius 2 is 1.83 bits per heavy atom.